The molecule has 0 saturated carbocycles. The van der Waals surface area contributed by atoms with E-state index in [4.69, 9.17) is 5.11 Å². The minimum absolute atomic E-state index is 0. The molecule has 0 aliphatic carbocycles. The van der Waals surface area contributed by atoms with Crippen LogP contribution in [0.15, 0.2) is 0 Å². The lowest BCUT2D eigenvalue weighted by Crippen LogP contribution is -3.00. The molecule has 0 fully saturated rings. The normalized spacial score (nSPS) is 13.4. The van der Waals surface area contributed by atoms with Crippen LogP contribution in [0.1, 0.15) is 6.92 Å². The van der Waals surface area contributed by atoms with Gasteiger partial charge in [0, 0.05) is 0 Å². The van der Waals surface area contributed by atoms with E-state index in [0.717, 1.165) is 4.43 Å². The maximum atomic E-state index is 11.1. The van der Waals surface area contributed by atoms with Crippen molar-refractivity contribution in [2.45, 2.75) is 13.0 Å². The second-order valence-electron chi connectivity index (χ2n) is 3.05. The summed E-state index contributed by atoms with van der Waals surface area (Å²) in [4.78, 5) is 11.1. The van der Waals surface area contributed by atoms with Gasteiger partial charge in [0.05, 0.1) is 32.1 Å². The van der Waals surface area contributed by atoms with Crippen molar-refractivity contribution in [2.75, 3.05) is 25.1 Å². The predicted molar refractivity (Wildman–Crippen MR) is 52.6 cm³/mol. The van der Waals surface area contributed by atoms with E-state index in [-0.39, 0.29) is 35.4 Å². The van der Waals surface area contributed by atoms with Crippen LogP contribution in [0.3, 0.4) is 0 Å². The van der Waals surface area contributed by atoms with Crippen molar-refractivity contribution in [3.63, 3.8) is 0 Å². The Balaban J connectivity index is 0. The number of amides is 1. The van der Waals surface area contributed by atoms with Crippen molar-refractivity contribution in [1.82, 2.24) is 0 Å². The third-order valence-corrected chi connectivity index (χ3v) is 3.13. The third-order valence-electron chi connectivity index (χ3n) is 2.11. The van der Waals surface area contributed by atoms with Gasteiger partial charge in [-0.1, -0.05) is 22.6 Å². The number of nitrogens with zero attached hydrogens (tertiary/aromatic N) is 1. The molecule has 0 radical (unpaired) electrons. The van der Waals surface area contributed by atoms with E-state index < -0.39 is 0 Å². The molecule has 0 aromatic rings. The average Bonchev–Trinajstić information content (AvgIpc) is 1.89. The quantitative estimate of drug-likeness (QED) is 0.353. The highest BCUT2D eigenvalue weighted by molar-refractivity contribution is 14.1. The van der Waals surface area contributed by atoms with Gasteiger partial charge in [0.15, 0.2) is 0 Å². The Morgan fingerprint density at radius 1 is 1.58 bits per heavy atom. The van der Waals surface area contributed by atoms with Gasteiger partial charge in [-0.25, -0.2) is 4.79 Å². The molecule has 0 saturated heterocycles. The Kier molecular flexibility index (Phi) is 7.70. The van der Waals surface area contributed by atoms with E-state index in [0.29, 0.717) is 0 Å². The second kappa shape index (κ2) is 6.12. The van der Waals surface area contributed by atoms with Crippen molar-refractivity contribution < 1.29 is 26.8 Å². The molecular weight excluding hydrogens is 292 g/mol. The number of carbonyl (C=O) groups is 1. The van der Waals surface area contributed by atoms with Gasteiger partial charge in [-0.05, 0) is 0 Å². The first-order valence-corrected chi connectivity index (χ1v) is 5.01. The van der Waals surface area contributed by atoms with E-state index in [1.54, 1.807) is 6.92 Å². The summed E-state index contributed by atoms with van der Waals surface area (Å²) in [5.74, 6) is 0.0840. The summed E-state index contributed by atoms with van der Waals surface area (Å²) < 4.78 is 1.06. The lowest BCUT2D eigenvalue weighted by molar-refractivity contribution is -0.837. The van der Waals surface area contributed by atoms with Gasteiger partial charge in [-0.15, -0.1) is 0 Å². The molecule has 0 spiro atoms. The number of halogens is 2. The molecule has 74 valence electrons. The monoisotopic (exact) mass is 307 g/mol. The number of aliphatic hydroxyl groups excluding tert-OH is 1. The molecule has 0 bridgehead atoms. The van der Waals surface area contributed by atoms with Crippen molar-refractivity contribution in [1.29, 1.82) is 0 Å². The van der Waals surface area contributed by atoms with E-state index in [1.165, 1.54) is 0 Å². The van der Waals surface area contributed by atoms with Crippen molar-refractivity contribution in [3.8, 4) is 0 Å². The predicted octanol–water partition coefficient (Wildman–Crippen LogP) is -2.59. The van der Waals surface area contributed by atoms with E-state index in [9.17, 15) is 4.79 Å². The van der Waals surface area contributed by atoms with Crippen LogP contribution < -0.4 is 12.4 Å². The highest BCUT2D eigenvalue weighted by Gasteiger charge is 2.31. The van der Waals surface area contributed by atoms with Gasteiger partial charge in [0.2, 0.25) is 0 Å². The van der Waals surface area contributed by atoms with Crippen LogP contribution in [0, 0.1) is 0 Å². The van der Waals surface area contributed by atoms with Gasteiger partial charge in [0.1, 0.15) is 6.04 Å². The topological polar surface area (TPSA) is 37.3 Å². The largest absolute Gasteiger partial charge is 1.00 e. The fourth-order valence-corrected chi connectivity index (χ4v) is 1.95. The van der Waals surface area contributed by atoms with Gasteiger partial charge in [-0.3, -0.25) is 4.48 Å². The molecule has 3 nitrogen and oxygen atoms in total. The molecule has 0 aliphatic rings. The van der Waals surface area contributed by atoms with Crippen LogP contribution >= 0.6 is 22.6 Å². The molecule has 0 aromatic heterocycles. The average molecular weight is 308 g/mol. The van der Waals surface area contributed by atoms with Gasteiger partial charge in [0.25, 0.3) is 0 Å². The molecule has 1 amide bonds. The number of hydrogen-bond acceptors (Lipinski definition) is 2. The summed E-state index contributed by atoms with van der Waals surface area (Å²) in [7, 11) is 3.64. The zero-order chi connectivity index (χ0) is 9.07. The summed E-state index contributed by atoms with van der Waals surface area (Å²) in [5.41, 5.74) is 0. The van der Waals surface area contributed by atoms with Gasteiger partial charge < -0.3 is 17.5 Å². The van der Waals surface area contributed by atoms with Gasteiger partial charge in [-0.2, -0.15) is 0 Å². The first kappa shape index (κ1) is 15.1. The van der Waals surface area contributed by atoms with Crippen LogP contribution in [-0.2, 0) is 4.79 Å². The van der Waals surface area contributed by atoms with E-state index in [1.807, 2.05) is 14.1 Å². The van der Waals surface area contributed by atoms with Crippen molar-refractivity contribution in [3.05, 3.63) is 0 Å². The Morgan fingerprint density at radius 3 is 2.08 bits per heavy atom. The number of carbonyl (C=O) groups excluding carboxylic acids is 1. The SMILES string of the molecule is CC(=O)[N+](C)(C)C(CO)CI.[Cl-]. The Bertz CT molecular complexity index is 148. The van der Waals surface area contributed by atoms with Crippen LogP contribution in [0.4, 0.5) is 0 Å². The Hall–Kier alpha value is 0.610. The summed E-state index contributed by atoms with van der Waals surface area (Å²) in [6, 6.07) is 0.0214. The Labute approximate surface area is 93.3 Å². The second-order valence-corrected chi connectivity index (χ2v) is 3.93. The lowest BCUT2D eigenvalue weighted by Gasteiger charge is -2.32. The van der Waals surface area contributed by atoms with Crippen LogP contribution in [0.2, 0.25) is 0 Å². The zero-order valence-corrected chi connectivity index (χ0v) is 10.5. The lowest BCUT2D eigenvalue weighted by atomic mass is 10.2. The molecule has 5 heteroatoms. The number of likely N-dealkylation sites (N-methyl/N-ethyl adjacent to an activating group) is 1. The standard InChI is InChI=1S/C7H15INO2.ClH/c1-6(11)9(2,3)7(4-8)5-10;/h7,10H,4-5H2,1-3H3;1H/q+1;/p-1. The first-order valence-electron chi connectivity index (χ1n) is 3.48. The van der Waals surface area contributed by atoms with Crippen LogP contribution in [0.5, 0.6) is 0 Å². The maximum absolute atomic E-state index is 11.1. The summed E-state index contributed by atoms with van der Waals surface area (Å²) in [6.45, 7) is 1.62. The smallest absolute Gasteiger partial charge is 0.310 e. The number of hydrogen-bond donors (Lipinski definition) is 1. The summed E-state index contributed by atoms with van der Waals surface area (Å²) >= 11 is 2.18. The van der Waals surface area contributed by atoms with Crippen molar-refractivity contribution in [2.24, 2.45) is 0 Å². The summed E-state index contributed by atoms with van der Waals surface area (Å²) in [5, 5.41) is 8.94. The molecule has 0 heterocycles. The van der Waals surface area contributed by atoms with E-state index >= 15 is 0 Å². The van der Waals surface area contributed by atoms with Crippen molar-refractivity contribution >= 4 is 28.5 Å². The highest BCUT2D eigenvalue weighted by Crippen LogP contribution is 2.09. The molecular formula is C7H15ClINO2. The molecule has 0 aromatic carbocycles. The number of aliphatic hydroxyl groups is 1. The van der Waals surface area contributed by atoms with Gasteiger partial charge >= 0.3 is 5.91 Å². The zero-order valence-electron chi connectivity index (χ0n) is 7.55. The highest BCUT2D eigenvalue weighted by atomic mass is 127. The fraction of sp³-hybridized carbons (Fsp3) is 0.857. The van der Waals surface area contributed by atoms with Crippen LogP contribution in [0.25, 0.3) is 0 Å². The molecule has 0 aliphatic heterocycles. The molecule has 12 heavy (non-hydrogen) atoms. The van der Waals surface area contributed by atoms with E-state index in [2.05, 4.69) is 22.6 Å². The molecule has 1 atom stereocenters. The minimum atomic E-state index is 0. The molecule has 1 N–H and O–H groups in total. The number of rotatable bonds is 3. The first-order chi connectivity index (χ1) is 4.96. The molecule has 1 unspecified atom stereocenters. The van der Waals surface area contributed by atoms with Crippen LogP contribution in [-0.4, -0.2) is 46.7 Å². The molecule has 0 rings (SSSR count). The summed E-state index contributed by atoms with van der Waals surface area (Å²) in [6.07, 6.45) is 0. The Morgan fingerprint density at radius 2 is 2.00 bits per heavy atom. The fourth-order valence-electron chi connectivity index (χ4n) is 0.683. The number of quaternary nitrogens is 1. The maximum Gasteiger partial charge on any atom is 0.310 e. The number of alkyl halides is 1. The third kappa shape index (κ3) is 3.55. The minimum Gasteiger partial charge on any atom is -1.00 e.